The van der Waals surface area contributed by atoms with E-state index in [0.29, 0.717) is 16.5 Å². The van der Waals surface area contributed by atoms with E-state index in [9.17, 15) is 10.1 Å². The molecule has 0 amide bonds. The van der Waals surface area contributed by atoms with Crippen LogP contribution < -0.4 is 5.73 Å². The van der Waals surface area contributed by atoms with Crippen molar-refractivity contribution in [3.8, 4) is 23.1 Å². The van der Waals surface area contributed by atoms with E-state index in [4.69, 9.17) is 22.1 Å². The number of nitrogen functional groups attached to an aromatic ring is 1. The third-order valence-electron chi connectivity index (χ3n) is 4.40. The van der Waals surface area contributed by atoms with Crippen LogP contribution in [0.25, 0.3) is 28.1 Å². The molecule has 0 radical (unpaired) electrons. The van der Waals surface area contributed by atoms with Gasteiger partial charge in [-0.2, -0.15) is 5.26 Å². The molecular formula is C20H14ClN5O2. The van der Waals surface area contributed by atoms with Gasteiger partial charge in [-0.25, -0.2) is 9.78 Å². The third-order valence-corrected chi connectivity index (χ3v) is 4.66. The van der Waals surface area contributed by atoms with E-state index in [1.165, 1.54) is 13.3 Å². The molecule has 138 valence electrons. The summed E-state index contributed by atoms with van der Waals surface area (Å²) in [6.07, 6.45) is 1.51. The Morgan fingerprint density at radius 3 is 2.71 bits per heavy atom. The lowest BCUT2D eigenvalue weighted by atomic mass is 10.2. The van der Waals surface area contributed by atoms with Gasteiger partial charge in [0.2, 0.25) is 0 Å². The standard InChI is InChI=1S/C20H14ClN5O2/c1-28-20(27)18-17(23)12(9-22)10-26(18)14-6-7-15-16(8-14)25-19(24-15)11-2-4-13(21)5-3-11/h2-8,10H,23H2,1H3,(H,24,25). The highest BCUT2D eigenvalue weighted by Crippen LogP contribution is 2.28. The Kier molecular flexibility index (Phi) is 4.26. The molecule has 0 fully saturated rings. The maximum Gasteiger partial charge on any atom is 0.357 e. The van der Waals surface area contributed by atoms with Crippen molar-refractivity contribution in [1.82, 2.24) is 14.5 Å². The zero-order chi connectivity index (χ0) is 19.8. The quantitative estimate of drug-likeness (QED) is 0.514. The highest BCUT2D eigenvalue weighted by molar-refractivity contribution is 6.30. The van der Waals surface area contributed by atoms with Gasteiger partial charge in [-0.15, -0.1) is 0 Å². The molecule has 0 aliphatic carbocycles. The fourth-order valence-electron chi connectivity index (χ4n) is 3.01. The Labute approximate surface area is 164 Å². The van der Waals surface area contributed by atoms with Crippen LogP contribution in [0, 0.1) is 11.3 Å². The van der Waals surface area contributed by atoms with Gasteiger partial charge in [0, 0.05) is 22.5 Å². The van der Waals surface area contributed by atoms with Crippen molar-refractivity contribution in [1.29, 1.82) is 5.26 Å². The molecule has 0 aliphatic rings. The molecule has 4 rings (SSSR count). The highest BCUT2D eigenvalue weighted by atomic mass is 35.5. The number of imidazole rings is 1. The molecule has 0 unspecified atom stereocenters. The lowest BCUT2D eigenvalue weighted by Crippen LogP contribution is -2.11. The molecule has 8 heteroatoms. The maximum atomic E-state index is 12.2. The van der Waals surface area contributed by atoms with Crippen molar-refractivity contribution in [3.63, 3.8) is 0 Å². The zero-order valence-electron chi connectivity index (χ0n) is 14.7. The SMILES string of the molecule is COC(=O)c1c(N)c(C#N)cn1-c1ccc2nc(-c3ccc(Cl)cc3)[nH]c2c1. The van der Waals surface area contributed by atoms with Crippen molar-refractivity contribution < 1.29 is 9.53 Å². The molecule has 28 heavy (non-hydrogen) atoms. The lowest BCUT2D eigenvalue weighted by Gasteiger charge is -2.08. The fraction of sp³-hybridized carbons (Fsp3) is 0.0500. The molecular weight excluding hydrogens is 378 g/mol. The number of nitrogens with zero attached hydrogens (tertiary/aromatic N) is 3. The van der Waals surface area contributed by atoms with Crippen molar-refractivity contribution in [2.75, 3.05) is 12.8 Å². The number of nitrogens with one attached hydrogen (secondary N) is 1. The van der Waals surface area contributed by atoms with Crippen LogP contribution in [0.15, 0.2) is 48.7 Å². The summed E-state index contributed by atoms with van der Waals surface area (Å²) in [5.41, 5.74) is 9.42. The smallest absolute Gasteiger partial charge is 0.357 e. The first-order valence-electron chi connectivity index (χ1n) is 8.27. The average molecular weight is 392 g/mol. The second-order valence-corrected chi connectivity index (χ2v) is 6.51. The van der Waals surface area contributed by atoms with Crippen LogP contribution in [0.4, 0.5) is 5.69 Å². The van der Waals surface area contributed by atoms with E-state index in [1.54, 1.807) is 22.8 Å². The second kappa shape index (κ2) is 6.76. The second-order valence-electron chi connectivity index (χ2n) is 6.07. The number of benzene rings is 2. The summed E-state index contributed by atoms with van der Waals surface area (Å²) in [6, 6.07) is 14.8. The number of hydrogen-bond acceptors (Lipinski definition) is 5. The summed E-state index contributed by atoms with van der Waals surface area (Å²) < 4.78 is 6.36. The summed E-state index contributed by atoms with van der Waals surface area (Å²) in [4.78, 5) is 20.0. The Morgan fingerprint density at radius 2 is 2.04 bits per heavy atom. The van der Waals surface area contributed by atoms with Gasteiger partial charge in [0.1, 0.15) is 11.9 Å². The molecule has 2 aromatic heterocycles. The first kappa shape index (κ1) is 17.6. The molecule has 0 spiro atoms. The molecule has 3 N–H and O–H groups in total. The monoisotopic (exact) mass is 391 g/mol. The number of H-pyrrole nitrogens is 1. The van der Waals surface area contributed by atoms with E-state index < -0.39 is 5.97 Å². The van der Waals surface area contributed by atoms with Crippen LogP contribution in [-0.4, -0.2) is 27.6 Å². The maximum absolute atomic E-state index is 12.2. The molecule has 7 nitrogen and oxygen atoms in total. The number of nitrogens with two attached hydrogens (primary N) is 1. The Hall–Kier alpha value is -3.76. The van der Waals surface area contributed by atoms with E-state index >= 15 is 0 Å². The summed E-state index contributed by atoms with van der Waals surface area (Å²) in [6.45, 7) is 0. The molecule has 0 atom stereocenters. The van der Waals surface area contributed by atoms with Gasteiger partial charge in [-0.1, -0.05) is 11.6 Å². The normalized spacial score (nSPS) is 10.8. The minimum atomic E-state index is -0.620. The Balaban J connectivity index is 1.84. The first-order valence-corrected chi connectivity index (χ1v) is 8.65. The van der Waals surface area contributed by atoms with Crippen molar-refractivity contribution in [2.45, 2.75) is 0 Å². The van der Waals surface area contributed by atoms with Gasteiger partial charge < -0.3 is 20.0 Å². The van der Waals surface area contributed by atoms with Crippen LogP contribution >= 0.6 is 11.6 Å². The molecule has 0 bridgehead atoms. The molecule has 0 saturated carbocycles. The van der Waals surface area contributed by atoms with E-state index in [1.807, 2.05) is 30.3 Å². The molecule has 2 aromatic carbocycles. The number of hydrogen-bond donors (Lipinski definition) is 2. The number of rotatable bonds is 3. The number of ether oxygens (including phenoxy) is 1. The average Bonchev–Trinajstić information content (AvgIpc) is 3.28. The lowest BCUT2D eigenvalue weighted by molar-refractivity contribution is 0.0593. The van der Waals surface area contributed by atoms with Crippen molar-refractivity contribution in [2.24, 2.45) is 0 Å². The summed E-state index contributed by atoms with van der Waals surface area (Å²) in [7, 11) is 1.27. The van der Waals surface area contributed by atoms with Gasteiger partial charge in [-0.3, -0.25) is 0 Å². The van der Waals surface area contributed by atoms with Gasteiger partial charge in [-0.05, 0) is 42.5 Å². The molecule has 4 aromatic rings. The van der Waals surface area contributed by atoms with Gasteiger partial charge in [0.15, 0.2) is 5.69 Å². The number of aromatic nitrogens is 3. The zero-order valence-corrected chi connectivity index (χ0v) is 15.5. The Morgan fingerprint density at radius 1 is 1.29 bits per heavy atom. The van der Waals surface area contributed by atoms with Gasteiger partial charge in [0.05, 0.1) is 29.4 Å². The minimum Gasteiger partial charge on any atom is -0.464 e. The van der Waals surface area contributed by atoms with Crippen LogP contribution in [0.3, 0.4) is 0 Å². The number of methoxy groups -OCH3 is 1. The van der Waals surface area contributed by atoms with Crippen LogP contribution in [0.1, 0.15) is 16.1 Å². The van der Waals surface area contributed by atoms with Crippen LogP contribution in [0.2, 0.25) is 5.02 Å². The number of halogens is 1. The molecule has 0 saturated heterocycles. The predicted molar refractivity (Wildman–Crippen MR) is 106 cm³/mol. The number of nitriles is 1. The first-order chi connectivity index (χ1) is 13.5. The van der Waals surface area contributed by atoms with Crippen molar-refractivity contribution in [3.05, 3.63) is 64.9 Å². The van der Waals surface area contributed by atoms with Crippen LogP contribution in [-0.2, 0) is 4.74 Å². The highest BCUT2D eigenvalue weighted by Gasteiger charge is 2.22. The van der Waals surface area contributed by atoms with Gasteiger partial charge in [0.25, 0.3) is 0 Å². The van der Waals surface area contributed by atoms with E-state index in [-0.39, 0.29) is 16.9 Å². The number of carbonyl (C=O) groups excluding carboxylic acids is 1. The topological polar surface area (TPSA) is 110 Å². The molecule has 2 heterocycles. The largest absolute Gasteiger partial charge is 0.464 e. The van der Waals surface area contributed by atoms with Crippen molar-refractivity contribution >= 4 is 34.3 Å². The third kappa shape index (κ3) is 2.86. The minimum absolute atomic E-state index is 0.0842. The number of esters is 1. The fourth-order valence-corrected chi connectivity index (χ4v) is 3.14. The number of aromatic amines is 1. The summed E-state index contributed by atoms with van der Waals surface area (Å²) in [5, 5.41) is 9.91. The Bertz CT molecular complexity index is 1250. The number of fused-ring (bicyclic) bond motifs is 1. The number of anilines is 1. The molecule has 0 aliphatic heterocycles. The van der Waals surface area contributed by atoms with E-state index in [0.717, 1.165) is 16.6 Å². The predicted octanol–water partition coefficient (Wildman–Crippen LogP) is 3.91. The van der Waals surface area contributed by atoms with Gasteiger partial charge >= 0.3 is 5.97 Å². The van der Waals surface area contributed by atoms with E-state index in [2.05, 4.69) is 9.97 Å². The van der Waals surface area contributed by atoms with Crippen LogP contribution in [0.5, 0.6) is 0 Å². The number of carbonyl (C=O) groups is 1. The summed E-state index contributed by atoms with van der Waals surface area (Å²) in [5.74, 6) is 0.0762. The summed E-state index contributed by atoms with van der Waals surface area (Å²) >= 11 is 5.94.